The van der Waals surface area contributed by atoms with Crippen molar-refractivity contribution in [2.45, 2.75) is 38.8 Å². The molecule has 0 saturated heterocycles. The van der Waals surface area contributed by atoms with Crippen LogP contribution in [0.4, 0.5) is 4.79 Å². The van der Waals surface area contributed by atoms with E-state index >= 15 is 0 Å². The van der Waals surface area contributed by atoms with Gasteiger partial charge in [-0.05, 0) is 49.6 Å². The van der Waals surface area contributed by atoms with Crippen LogP contribution in [0.5, 0.6) is 5.75 Å². The molecule has 0 fully saturated rings. The summed E-state index contributed by atoms with van der Waals surface area (Å²) in [6, 6.07) is 24.0. The van der Waals surface area contributed by atoms with Crippen LogP contribution in [0.2, 0.25) is 0 Å². The predicted molar refractivity (Wildman–Crippen MR) is 137 cm³/mol. The van der Waals surface area contributed by atoms with Gasteiger partial charge < -0.3 is 19.2 Å². The molecule has 1 N–H and O–H groups in total. The molecule has 1 aromatic heterocycles. The summed E-state index contributed by atoms with van der Waals surface area (Å²) in [5.41, 5.74) is 1.47. The number of carbonyl (C=O) groups is 2. The Labute approximate surface area is 208 Å². The summed E-state index contributed by atoms with van der Waals surface area (Å²) in [7, 11) is 0. The average molecular weight is 486 g/mol. The number of hydrogen-bond acceptors (Lipinski definition) is 6. The third-order valence-electron chi connectivity index (χ3n) is 5.28. The first-order valence-electron chi connectivity index (χ1n) is 11.6. The van der Waals surface area contributed by atoms with E-state index in [1.807, 2.05) is 60.7 Å². The number of amides is 1. The first-order chi connectivity index (χ1) is 17.2. The summed E-state index contributed by atoms with van der Waals surface area (Å²) in [6.45, 7) is 5.22. The Morgan fingerprint density at radius 1 is 0.917 bits per heavy atom. The molecule has 0 spiro atoms. The Morgan fingerprint density at radius 2 is 1.58 bits per heavy atom. The quantitative estimate of drug-likeness (QED) is 0.220. The number of ether oxygens (including phenoxy) is 2. The lowest BCUT2D eigenvalue weighted by Gasteiger charge is -2.23. The molecule has 0 bridgehead atoms. The minimum absolute atomic E-state index is 0.185. The summed E-state index contributed by atoms with van der Waals surface area (Å²) in [5.74, 6) is -0.490. The number of fused-ring (bicyclic) bond motifs is 1. The van der Waals surface area contributed by atoms with Gasteiger partial charge in [-0.1, -0.05) is 60.7 Å². The Kier molecular flexibility index (Phi) is 7.20. The van der Waals surface area contributed by atoms with Crippen LogP contribution in [0, 0.1) is 0 Å². The smallest absolute Gasteiger partial charge is 0.408 e. The molecular weight excluding hydrogens is 458 g/mol. The SMILES string of the molecule is CC(C)(C)OC(=O)NC(Cc1ccccc1)C(=O)Oc1ccc2c(-c3ccccc3)cc(=O)oc2c1. The molecule has 184 valence electrons. The van der Waals surface area contributed by atoms with E-state index in [1.54, 1.807) is 32.9 Å². The van der Waals surface area contributed by atoms with Crippen LogP contribution >= 0.6 is 0 Å². The van der Waals surface area contributed by atoms with Gasteiger partial charge in [0.15, 0.2) is 0 Å². The Balaban J connectivity index is 1.60. The summed E-state index contributed by atoms with van der Waals surface area (Å²) >= 11 is 0. The van der Waals surface area contributed by atoms with Crippen LogP contribution in [-0.2, 0) is 16.0 Å². The van der Waals surface area contributed by atoms with Crippen molar-refractivity contribution < 1.29 is 23.5 Å². The average Bonchev–Trinajstić information content (AvgIpc) is 2.83. The van der Waals surface area contributed by atoms with Gasteiger partial charge in [0.25, 0.3) is 0 Å². The number of benzene rings is 3. The van der Waals surface area contributed by atoms with Gasteiger partial charge in [0.1, 0.15) is 23.0 Å². The molecule has 1 unspecified atom stereocenters. The minimum atomic E-state index is -0.999. The zero-order chi connectivity index (χ0) is 25.7. The zero-order valence-corrected chi connectivity index (χ0v) is 20.3. The van der Waals surface area contributed by atoms with Gasteiger partial charge in [0.05, 0.1) is 0 Å². The summed E-state index contributed by atoms with van der Waals surface area (Å²) in [6.07, 6.45) is -0.517. The topological polar surface area (TPSA) is 94.8 Å². The van der Waals surface area contributed by atoms with Gasteiger partial charge in [0.2, 0.25) is 0 Å². The third kappa shape index (κ3) is 6.39. The van der Waals surface area contributed by atoms with Crippen LogP contribution in [0.1, 0.15) is 26.3 Å². The second-order valence-electron chi connectivity index (χ2n) is 9.31. The summed E-state index contributed by atoms with van der Waals surface area (Å²) in [4.78, 5) is 37.8. The van der Waals surface area contributed by atoms with Crippen LogP contribution in [-0.4, -0.2) is 23.7 Å². The van der Waals surface area contributed by atoms with Gasteiger partial charge in [-0.3, -0.25) is 0 Å². The molecule has 1 amide bonds. The van der Waals surface area contributed by atoms with Crippen LogP contribution in [0.3, 0.4) is 0 Å². The van der Waals surface area contributed by atoms with Crippen molar-refractivity contribution >= 4 is 23.0 Å². The van der Waals surface area contributed by atoms with Gasteiger partial charge in [0, 0.05) is 23.9 Å². The van der Waals surface area contributed by atoms with Crippen molar-refractivity contribution in [1.82, 2.24) is 5.32 Å². The van der Waals surface area contributed by atoms with E-state index in [2.05, 4.69) is 5.32 Å². The standard InChI is InChI=1S/C29H27NO6/c1-29(2,3)36-28(33)30-24(16-19-10-6-4-7-11-19)27(32)34-21-14-15-22-23(20-12-8-5-9-13-20)18-26(31)35-25(22)17-21/h4-15,17-18,24H,16H2,1-3H3,(H,30,33). The molecule has 4 rings (SSSR count). The van der Waals surface area contributed by atoms with Crippen LogP contribution < -0.4 is 15.7 Å². The Bertz CT molecular complexity index is 1420. The van der Waals surface area contributed by atoms with Gasteiger partial charge in [-0.25, -0.2) is 14.4 Å². The molecule has 4 aromatic rings. The van der Waals surface area contributed by atoms with E-state index in [9.17, 15) is 14.4 Å². The van der Waals surface area contributed by atoms with Crippen LogP contribution in [0.25, 0.3) is 22.1 Å². The Morgan fingerprint density at radius 3 is 2.25 bits per heavy atom. The number of alkyl carbamates (subject to hydrolysis) is 1. The highest BCUT2D eigenvalue weighted by molar-refractivity contribution is 5.94. The maximum absolute atomic E-state index is 13.1. The molecule has 0 aliphatic rings. The largest absolute Gasteiger partial charge is 0.444 e. The van der Waals surface area contributed by atoms with Crippen molar-refractivity contribution in [2.24, 2.45) is 0 Å². The number of rotatable bonds is 6. The fourth-order valence-electron chi connectivity index (χ4n) is 3.74. The fourth-order valence-corrected chi connectivity index (χ4v) is 3.74. The highest BCUT2D eigenvalue weighted by atomic mass is 16.6. The molecule has 7 heteroatoms. The van der Waals surface area contributed by atoms with Gasteiger partial charge >= 0.3 is 17.7 Å². The highest BCUT2D eigenvalue weighted by Gasteiger charge is 2.26. The molecule has 36 heavy (non-hydrogen) atoms. The predicted octanol–water partition coefficient (Wildman–Crippen LogP) is 5.50. The molecule has 7 nitrogen and oxygen atoms in total. The highest BCUT2D eigenvalue weighted by Crippen LogP contribution is 2.29. The molecule has 1 heterocycles. The monoisotopic (exact) mass is 485 g/mol. The minimum Gasteiger partial charge on any atom is -0.444 e. The summed E-state index contributed by atoms with van der Waals surface area (Å²) in [5, 5.41) is 3.31. The van der Waals surface area contributed by atoms with Gasteiger partial charge in [-0.15, -0.1) is 0 Å². The van der Waals surface area contributed by atoms with E-state index in [4.69, 9.17) is 13.9 Å². The van der Waals surface area contributed by atoms with Crippen molar-refractivity contribution in [3.63, 3.8) is 0 Å². The second-order valence-corrected chi connectivity index (χ2v) is 9.31. The number of nitrogens with one attached hydrogen (secondary N) is 1. The normalized spacial score (nSPS) is 12.1. The number of carbonyl (C=O) groups excluding carboxylic acids is 2. The second kappa shape index (κ2) is 10.5. The zero-order valence-electron chi connectivity index (χ0n) is 20.3. The van der Waals surface area contributed by atoms with E-state index in [-0.39, 0.29) is 17.8 Å². The first-order valence-corrected chi connectivity index (χ1v) is 11.6. The lowest BCUT2D eigenvalue weighted by Crippen LogP contribution is -2.46. The Hall–Kier alpha value is -4.39. The maximum Gasteiger partial charge on any atom is 0.408 e. The maximum atomic E-state index is 13.1. The lowest BCUT2D eigenvalue weighted by atomic mass is 10.0. The van der Waals surface area contributed by atoms with Crippen molar-refractivity contribution in [3.05, 3.63) is 101 Å². The van der Waals surface area contributed by atoms with E-state index in [0.29, 0.717) is 10.9 Å². The lowest BCUT2D eigenvalue weighted by molar-refractivity contribution is -0.136. The first kappa shape index (κ1) is 24.7. The van der Waals surface area contributed by atoms with Crippen LogP contribution in [0.15, 0.2) is 94.1 Å². The molecule has 0 aliphatic carbocycles. The van der Waals surface area contributed by atoms with Crippen molar-refractivity contribution in [3.8, 4) is 16.9 Å². The molecule has 0 radical (unpaired) electrons. The molecule has 3 aromatic carbocycles. The summed E-state index contributed by atoms with van der Waals surface area (Å²) < 4.78 is 16.3. The van der Waals surface area contributed by atoms with E-state index in [0.717, 1.165) is 11.1 Å². The van der Waals surface area contributed by atoms with E-state index in [1.165, 1.54) is 12.1 Å². The number of esters is 1. The fraction of sp³-hybridized carbons (Fsp3) is 0.207. The molecule has 1 atom stereocenters. The molecular formula is C29H27NO6. The third-order valence-corrected chi connectivity index (χ3v) is 5.28. The van der Waals surface area contributed by atoms with E-state index < -0.39 is 29.3 Å². The van der Waals surface area contributed by atoms with Crippen molar-refractivity contribution in [2.75, 3.05) is 0 Å². The molecule has 0 saturated carbocycles. The van der Waals surface area contributed by atoms with Crippen molar-refractivity contribution in [1.29, 1.82) is 0 Å². The van der Waals surface area contributed by atoms with Gasteiger partial charge in [-0.2, -0.15) is 0 Å². The molecule has 0 aliphatic heterocycles. The number of hydrogen-bond donors (Lipinski definition) is 1.